The summed E-state index contributed by atoms with van der Waals surface area (Å²) in [5.41, 5.74) is 7.54. The van der Waals surface area contributed by atoms with Crippen LogP contribution in [0.4, 0.5) is 5.69 Å². The lowest BCUT2D eigenvalue weighted by atomic mass is 9.92. The molecule has 1 heterocycles. The summed E-state index contributed by atoms with van der Waals surface area (Å²) in [5.74, 6) is -0.239. The number of hydrogen-bond acceptors (Lipinski definition) is 2. The number of primary amides is 1. The van der Waals surface area contributed by atoms with Crippen LogP contribution in [0.1, 0.15) is 19.4 Å². The van der Waals surface area contributed by atoms with Gasteiger partial charge in [-0.05, 0) is 31.9 Å². The van der Waals surface area contributed by atoms with Crippen LogP contribution in [0, 0.1) is 5.41 Å². The number of rotatable bonds is 3. The minimum atomic E-state index is -0.475. The summed E-state index contributed by atoms with van der Waals surface area (Å²) in [6.45, 7) is 5.47. The number of nitrogens with two attached hydrogens (primary N) is 1. The maximum atomic E-state index is 11.3. The average Bonchev–Trinajstić information content (AvgIpc) is 2.61. The van der Waals surface area contributed by atoms with E-state index < -0.39 is 5.41 Å². The summed E-state index contributed by atoms with van der Waals surface area (Å²) < 4.78 is 0. The highest BCUT2D eigenvalue weighted by atomic mass is 16.1. The van der Waals surface area contributed by atoms with Crippen LogP contribution in [0.2, 0.25) is 0 Å². The number of nitrogens with zero attached hydrogens (tertiary/aromatic N) is 1. The molecule has 2 rings (SSSR count). The molecule has 1 aliphatic heterocycles. The molecule has 1 amide bonds. The molecule has 0 spiro atoms. The third kappa shape index (κ3) is 1.90. The number of fused-ring (bicyclic) bond motifs is 1. The van der Waals surface area contributed by atoms with E-state index in [9.17, 15) is 4.79 Å². The summed E-state index contributed by atoms with van der Waals surface area (Å²) in [4.78, 5) is 13.6. The molecule has 0 saturated heterocycles. The van der Waals surface area contributed by atoms with Gasteiger partial charge in [-0.1, -0.05) is 18.2 Å². The van der Waals surface area contributed by atoms with Crippen molar-refractivity contribution in [1.29, 1.82) is 0 Å². The minimum Gasteiger partial charge on any atom is -0.370 e. The van der Waals surface area contributed by atoms with Crippen molar-refractivity contribution in [2.45, 2.75) is 20.3 Å². The zero-order valence-electron chi connectivity index (χ0n) is 9.86. The molecular weight excluding hydrogens is 200 g/mol. The van der Waals surface area contributed by atoms with Gasteiger partial charge in [-0.3, -0.25) is 4.79 Å². The van der Waals surface area contributed by atoms with Crippen molar-refractivity contribution in [3.63, 3.8) is 0 Å². The number of amides is 1. The Bertz CT molecular complexity index is 412. The van der Waals surface area contributed by atoms with Crippen LogP contribution < -0.4 is 10.6 Å². The van der Waals surface area contributed by atoms with Gasteiger partial charge in [-0.25, -0.2) is 0 Å². The minimum absolute atomic E-state index is 0.239. The number of para-hydroxylation sites is 1. The summed E-state index contributed by atoms with van der Waals surface area (Å²) in [6.07, 6.45) is 1.06. The van der Waals surface area contributed by atoms with Gasteiger partial charge in [0.1, 0.15) is 0 Å². The van der Waals surface area contributed by atoms with E-state index in [2.05, 4.69) is 23.1 Å². The fourth-order valence-electron chi connectivity index (χ4n) is 2.13. The molecular formula is C13H18N2O. The molecule has 3 heteroatoms. The van der Waals surface area contributed by atoms with Crippen molar-refractivity contribution >= 4 is 11.6 Å². The van der Waals surface area contributed by atoms with Crippen molar-refractivity contribution in [2.24, 2.45) is 11.1 Å². The fraction of sp³-hybridized carbons (Fsp3) is 0.462. The number of carbonyl (C=O) groups excluding carboxylic acids is 1. The molecule has 0 unspecified atom stereocenters. The van der Waals surface area contributed by atoms with Crippen molar-refractivity contribution in [3.05, 3.63) is 29.8 Å². The summed E-state index contributed by atoms with van der Waals surface area (Å²) in [6, 6.07) is 8.35. The second kappa shape index (κ2) is 3.81. The van der Waals surface area contributed by atoms with E-state index in [1.807, 2.05) is 19.9 Å². The van der Waals surface area contributed by atoms with Crippen LogP contribution in [0.5, 0.6) is 0 Å². The lowest BCUT2D eigenvalue weighted by molar-refractivity contribution is -0.125. The van der Waals surface area contributed by atoms with Crippen LogP contribution in [0.15, 0.2) is 24.3 Å². The molecule has 0 bridgehead atoms. The van der Waals surface area contributed by atoms with Crippen molar-refractivity contribution in [2.75, 3.05) is 18.0 Å². The molecule has 1 aromatic rings. The molecule has 0 saturated carbocycles. The fourth-order valence-corrected chi connectivity index (χ4v) is 2.13. The molecule has 0 aromatic heterocycles. The Morgan fingerprint density at radius 2 is 2.12 bits per heavy atom. The van der Waals surface area contributed by atoms with Crippen molar-refractivity contribution in [3.8, 4) is 0 Å². The van der Waals surface area contributed by atoms with E-state index in [0.717, 1.165) is 13.0 Å². The molecule has 1 aromatic carbocycles. The zero-order valence-corrected chi connectivity index (χ0v) is 9.86. The van der Waals surface area contributed by atoms with Gasteiger partial charge in [0.05, 0.1) is 5.41 Å². The number of anilines is 1. The highest BCUT2D eigenvalue weighted by Crippen LogP contribution is 2.30. The molecule has 3 nitrogen and oxygen atoms in total. The van der Waals surface area contributed by atoms with Crippen LogP contribution in [-0.4, -0.2) is 19.0 Å². The van der Waals surface area contributed by atoms with Gasteiger partial charge in [0.2, 0.25) is 5.91 Å². The van der Waals surface area contributed by atoms with E-state index in [4.69, 9.17) is 5.73 Å². The normalized spacial score (nSPS) is 15.0. The van der Waals surface area contributed by atoms with Crippen molar-refractivity contribution < 1.29 is 4.79 Å². The van der Waals surface area contributed by atoms with Gasteiger partial charge in [-0.2, -0.15) is 0 Å². The van der Waals surface area contributed by atoms with Gasteiger partial charge in [0.15, 0.2) is 0 Å². The Morgan fingerprint density at radius 3 is 2.81 bits per heavy atom. The predicted octanol–water partition coefficient (Wildman–Crippen LogP) is 1.56. The molecule has 16 heavy (non-hydrogen) atoms. The second-order valence-electron chi connectivity index (χ2n) is 5.05. The molecule has 0 fully saturated rings. The smallest absolute Gasteiger partial charge is 0.224 e. The lowest BCUT2D eigenvalue weighted by Crippen LogP contribution is -2.42. The van der Waals surface area contributed by atoms with Crippen LogP contribution in [-0.2, 0) is 11.2 Å². The van der Waals surface area contributed by atoms with Gasteiger partial charge < -0.3 is 10.6 Å². The van der Waals surface area contributed by atoms with Crippen LogP contribution >= 0.6 is 0 Å². The van der Waals surface area contributed by atoms with Gasteiger partial charge in [0, 0.05) is 18.8 Å². The topological polar surface area (TPSA) is 46.3 Å². The second-order valence-corrected chi connectivity index (χ2v) is 5.05. The van der Waals surface area contributed by atoms with E-state index >= 15 is 0 Å². The number of benzene rings is 1. The maximum Gasteiger partial charge on any atom is 0.224 e. The summed E-state index contributed by atoms with van der Waals surface area (Å²) in [5, 5.41) is 0. The van der Waals surface area contributed by atoms with Crippen LogP contribution in [0.25, 0.3) is 0 Å². The average molecular weight is 218 g/mol. The van der Waals surface area contributed by atoms with Gasteiger partial charge in [0.25, 0.3) is 0 Å². The standard InChI is InChI=1S/C13H18N2O/c1-13(2,12(14)16)9-15-8-7-10-5-3-4-6-11(10)15/h3-6H,7-9H2,1-2H3,(H2,14,16). The summed E-state index contributed by atoms with van der Waals surface area (Å²) >= 11 is 0. The first-order chi connectivity index (χ1) is 7.50. The Hall–Kier alpha value is -1.51. The number of carbonyl (C=O) groups is 1. The molecule has 1 aliphatic rings. The molecule has 86 valence electrons. The first-order valence-electron chi connectivity index (χ1n) is 5.63. The lowest BCUT2D eigenvalue weighted by Gasteiger charge is -2.29. The molecule has 0 atom stereocenters. The quantitative estimate of drug-likeness (QED) is 0.837. The third-order valence-corrected chi connectivity index (χ3v) is 3.24. The highest BCUT2D eigenvalue weighted by molar-refractivity contribution is 5.81. The third-order valence-electron chi connectivity index (χ3n) is 3.24. The Kier molecular flexibility index (Phi) is 2.62. The molecule has 0 aliphatic carbocycles. The Labute approximate surface area is 96.2 Å². The van der Waals surface area contributed by atoms with E-state index in [1.165, 1.54) is 11.3 Å². The van der Waals surface area contributed by atoms with Gasteiger partial charge >= 0.3 is 0 Å². The van der Waals surface area contributed by atoms with Crippen molar-refractivity contribution in [1.82, 2.24) is 0 Å². The summed E-state index contributed by atoms with van der Waals surface area (Å²) in [7, 11) is 0. The number of hydrogen-bond donors (Lipinski definition) is 1. The van der Waals surface area contributed by atoms with E-state index in [-0.39, 0.29) is 5.91 Å². The largest absolute Gasteiger partial charge is 0.370 e. The van der Waals surface area contributed by atoms with Crippen LogP contribution in [0.3, 0.4) is 0 Å². The SMILES string of the molecule is CC(C)(CN1CCc2ccccc21)C(N)=O. The van der Waals surface area contributed by atoms with Gasteiger partial charge in [-0.15, -0.1) is 0 Å². The molecule has 0 radical (unpaired) electrons. The predicted molar refractivity (Wildman–Crippen MR) is 65.3 cm³/mol. The Balaban J connectivity index is 2.18. The monoisotopic (exact) mass is 218 g/mol. The zero-order chi connectivity index (χ0) is 11.8. The first kappa shape index (κ1) is 11.0. The molecule has 2 N–H and O–H groups in total. The van der Waals surface area contributed by atoms with E-state index in [1.54, 1.807) is 0 Å². The highest BCUT2D eigenvalue weighted by Gasteiger charge is 2.30. The first-order valence-corrected chi connectivity index (χ1v) is 5.63. The van der Waals surface area contributed by atoms with E-state index in [0.29, 0.717) is 6.54 Å². The maximum absolute atomic E-state index is 11.3. The Morgan fingerprint density at radius 1 is 1.44 bits per heavy atom.